The summed E-state index contributed by atoms with van der Waals surface area (Å²) in [6.07, 6.45) is 9.77. The fourth-order valence-corrected chi connectivity index (χ4v) is 8.49. The molecule has 0 saturated carbocycles. The fraction of sp³-hybridized carbons (Fsp3) is 0.214. The maximum atomic E-state index is 6.85. The molecular weight excluding hydrogens is 745 g/mol. The van der Waals surface area contributed by atoms with Crippen molar-refractivity contribution in [1.82, 2.24) is 14.1 Å². The number of nitrogens with zero attached hydrogens (tertiary/aromatic N) is 4. The van der Waals surface area contributed by atoms with Crippen molar-refractivity contribution in [2.45, 2.75) is 78.6 Å². The van der Waals surface area contributed by atoms with E-state index in [1.807, 2.05) is 6.20 Å². The number of rotatable bonds is 7. The Hall–Kier alpha value is -6.72. The van der Waals surface area contributed by atoms with E-state index in [1.165, 1.54) is 44.3 Å². The molecule has 3 aromatic heterocycles. The molecule has 6 aromatic carbocycles. The van der Waals surface area contributed by atoms with Crippen LogP contribution in [0.2, 0.25) is 0 Å². The van der Waals surface area contributed by atoms with Crippen molar-refractivity contribution in [3.05, 3.63) is 187 Å². The van der Waals surface area contributed by atoms with Crippen LogP contribution < -0.4 is 9.30 Å². The molecule has 5 nitrogen and oxygen atoms in total. The SMILES string of the molecule is CC(C)(C)c1cc(Oc2ccc3c4ccccc4n(-c4cc(C(C)(C)C)ccn4)c3c2)cc(-n2[c-][n+](-c3cc(-c4ccccc4)c(C(C)(C)C)c(-c4ccccc4)c3)cc2)c1. The summed E-state index contributed by atoms with van der Waals surface area (Å²) in [7, 11) is 0. The van der Waals surface area contributed by atoms with E-state index < -0.39 is 0 Å². The molecule has 0 aliphatic heterocycles. The van der Waals surface area contributed by atoms with E-state index in [4.69, 9.17) is 9.72 Å². The van der Waals surface area contributed by atoms with Crippen molar-refractivity contribution in [3.63, 3.8) is 0 Å². The standard InChI is InChI=1S/C56H54N4O/c1-54(2,3)40-26-27-57-52(32-40)60-50-23-17-16-22-46(50)47-25-24-44(36-51(47)60)61-45-31-41(55(4,5)6)30-42(33-45)58-28-29-59(37-58)43-34-48(38-18-12-10-13-19-38)53(56(7,8)9)49(35-43)39-20-14-11-15-21-39/h10-36H,1-9H3. The maximum absolute atomic E-state index is 6.85. The number of hydrogen-bond acceptors (Lipinski definition) is 2. The quantitative estimate of drug-likeness (QED) is 0.119. The molecule has 0 saturated heterocycles. The molecule has 0 bridgehead atoms. The van der Waals surface area contributed by atoms with Crippen LogP contribution in [0.1, 0.15) is 79.0 Å². The molecule has 0 unspecified atom stereocenters. The Labute approximate surface area is 360 Å². The lowest BCUT2D eigenvalue weighted by molar-refractivity contribution is -0.599. The summed E-state index contributed by atoms with van der Waals surface area (Å²) in [4.78, 5) is 4.89. The number of hydrogen-bond donors (Lipinski definition) is 0. The zero-order valence-electron chi connectivity index (χ0n) is 36.8. The zero-order valence-corrected chi connectivity index (χ0v) is 36.8. The normalized spacial score (nSPS) is 12.3. The minimum atomic E-state index is -0.130. The Morgan fingerprint density at radius 1 is 0.541 bits per heavy atom. The number of benzene rings is 6. The first-order chi connectivity index (χ1) is 29.1. The van der Waals surface area contributed by atoms with Crippen LogP contribution in [0.3, 0.4) is 0 Å². The van der Waals surface area contributed by atoms with Crippen molar-refractivity contribution in [3.8, 4) is 50.9 Å². The molecule has 9 rings (SSSR count). The van der Waals surface area contributed by atoms with Crippen molar-refractivity contribution in [2.75, 3.05) is 0 Å². The zero-order chi connectivity index (χ0) is 42.7. The third-order valence-electron chi connectivity index (χ3n) is 11.7. The van der Waals surface area contributed by atoms with Gasteiger partial charge in [-0.05, 0) is 116 Å². The third-order valence-corrected chi connectivity index (χ3v) is 11.7. The summed E-state index contributed by atoms with van der Waals surface area (Å²) in [6.45, 7) is 20.4. The number of aromatic nitrogens is 4. The number of fused-ring (bicyclic) bond motifs is 3. The second-order valence-electron chi connectivity index (χ2n) is 19.3. The summed E-state index contributed by atoms with van der Waals surface area (Å²) < 4.78 is 13.3. The first-order valence-electron chi connectivity index (χ1n) is 21.3. The van der Waals surface area contributed by atoms with Crippen molar-refractivity contribution < 1.29 is 9.30 Å². The van der Waals surface area contributed by atoms with Crippen LogP contribution >= 0.6 is 0 Å². The predicted octanol–water partition coefficient (Wildman–Crippen LogP) is 14.1. The largest absolute Gasteiger partial charge is 0.458 e. The van der Waals surface area contributed by atoms with Crippen LogP contribution in [-0.2, 0) is 16.2 Å². The molecule has 0 aliphatic carbocycles. The topological polar surface area (TPSA) is 35.9 Å². The van der Waals surface area contributed by atoms with Gasteiger partial charge < -0.3 is 4.74 Å². The highest BCUT2D eigenvalue weighted by molar-refractivity contribution is 6.09. The van der Waals surface area contributed by atoms with Gasteiger partial charge in [0.25, 0.3) is 6.33 Å². The maximum Gasteiger partial charge on any atom is 0.268 e. The number of imidazole rings is 1. The Bertz CT molecular complexity index is 2980. The second-order valence-corrected chi connectivity index (χ2v) is 19.3. The van der Waals surface area contributed by atoms with E-state index in [2.05, 4.69) is 240 Å². The van der Waals surface area contributed by atoms with Gasteiger partial charge >= 0.3 is 0 Å². The van der Waals surface area contributed by atoms with E-state index in [0.29, 0.717) is 0 Å². The Balaban J connectivity index is 1.14. The van der Waals surface area contributed by atoms with Crippen LogP contribution in [0.15, 0.2) is 164 Å². The molecule has 0 spiro atoms. The average Bonchev–Trinajstić information content (AvgIpc) is 3.87. The Morgan fingerprint density at radius 3 is 1.80 bits per heavy atom. The molecule has 304 valence electrons. The first-order valence-corrected chi connectivity index (χ1v) is 21.3. The molecule has 3 heterocycles. The smallest absolute Gasteiger partial charge is 0.268 e. The fourth-order valence-electron chi connectivity index (χ4n) is 8.49. The molecule has 0 fully saturated rings. The van der Waals surface area contributed by atoms with Gasteiger partial charge in [-0.2, -0.15) is 0 Å². The van der Waals surface area contributed by atoms with Gasteiger partial charge in [-0.3, -0.25) is 13.7 Å². The summed E-state index contributed by atoms with van der Waals surface area (Å²) >= 11 is 0. The minimum Gasteiger partial charge on any atom is -0.458 e. The van der Waals surface area contributed by atoms with Crippen LogP contribution in [-0.4, -0.2) is 14.1 Å². The van der Waals surface area contributed by atoms with Gasteiger partial charge in [0.15, 0.2) is 0 Å². The van der Waals surface area contributed by atoms with Gasteiger partial charge in [-0.25, -0.2) is 4.98 Å². The predicted molar refractivity (Wildman–Crippen MR) is 252 cm³/mol. The number of para-hydroxylation sites is 1. The minimum absolute atomic E-state index is 0.00991. The van der Waals surface area contributed by atoms with Gasteiger partial charge in [-0.1, -0.05) is 141 Å². The summed E-state index contributed by atoms with van der Waals surface area (Å²) in [5.41, 5.74) is 12.5. The molecule has 9 aromatic rings. The van der Waals surface area contributed by atoms with Gasteiger partial charge in [0.1, 0.15) is 17.3 Å². The van der Waals surface area contributed by atoms with Crippen LogP contribution in [0.5, 0.6) is 11.5 Å². The second kappa shape index (κ2) is 15.1. The van der Waals surface area contributed by atoms with Gasteiger partial charge in [-0.15, -0.1) is 0 Å². The monoisotopic (exact) mass is 798 g/mol. The van der Waals surface area contributed by atoms with Crippen molar-refractivity contribution in [1.29, 1.82) is 0 Å². The van der Waals surface area contributed by atoms with E-state index in [1.54, 1.807) is 0 Å². The molecule has 0 amide bonds. The van der Waals surface area contributed by atoms with E-state index in [-0.39, 0.29) is 16.2 Å². The van der Waals surface area contributed by atoms with E-state index >= 15 is 0 Å². The lowest BCUT2D eigenvalue weighted by Gasteiger charge is -2.28. The van der Waals surface area contributed by atoms with Crippen molar-refractivity contribution in [2.24, 2.45) is 0 Å². The average molecular weight is 799 g/mol. The lowest BCUT2D eigenvalue weighted by atomic mass is 9.77. The van der Waals surface area contributed by atoms with Crippen LogP contribution in [0, 0.1) is 6.33 Å². The Kier molecular flexibility index (Phi) is 9.82. The summed E-state index contributed by atoms with van der Waals surface area (Å²) in [6, 6.07) is 51.9. The molecular formula is C56H54N4O. The highest BCUT2D eigenvalue weighted by Gasteiger charge is 2.26. The molecule has 0 radical (unpaired) electrons. The van der Waals surface area contributed by atoms with Gasteiger partial charge in [0, 0.05) is 35.4 Å². The van der Waals surface area contributed by atoms with E-state index in [9.17, 15) is 0 Å². The summed E-state index contributed by atoms with van der Waals surface area (Å²) in [5.74, 6) is 2.41. The lowest BCUT2D eigenvalue weighted by Crippen LogP contribution is -2.29. The molecule has 5 heteroatoms. The Morgan fingerprint density at radius 2 is 1.16 bits per heavy atom. The molecule has 0 N–H and O–H groups in total. The van der Waals surface area contributed by atoms with Crippen LogP contribution in [0.25, 0.3) is 61.3 Å². The third kappa shape index (κ3) is 7.77. The highest BCUT2D eigenvalue weighted by atomic mass is 16.5. The highest BCUT2D eigenvalue weighted by Crippen LogP contribution is 2.42. The number of ether oxygens (including phenoxy) is 1. The molecule has 0 aliphatic rings. The van der Waals surface area contributed by atoms with Gasteiger partial charge in [0.05, 0.1) is 22.4 Å². The van der Waals surface area contributed by atoms with Crippen LogP contribution in [0.4, 0.5) is 0 Å². The molecule has 0 atom stereocenters. The number of pyridine rings is 1. The summed E-state index contributed by atoms with van der Waals surface area (Å²) in [5, 5.41) is 2.34. The molecule has 61 heavy (non-hydrogen) atoms. The first kappa shape index (κ1) is 39.7. The van der Waals surface area contributed by atoms with Gasteiger partial charge in [0.2, 0.25) is 0 Å². The van der Waals surface area contributed by atoms with E-state index in [0.717, 1.165) is 45.1 Å². The van der Waals surface area contributed by atoms with Crippen molar-refractivity contribution >= 4 is 21.8 Å².